The number of ether oxygens (including phenoxy) is 1. The Balaban J connectivity index is 0.00000192. The van der Waals surface area contributed by atoms with Gasteiger partial charge in [0, 0.05) is 24.0 Å². The molecule has 2 N–H and O–H groups in total. The molecule has 1 radical (unpaired) electrons. The Morgan fingerprint density at radius 2 is 1.91 bits per heavy atom. The average molecular weight is 351 g/mol. The monoisotopic (exact) mass is 350 g/mol. The zero-order valence-corrected chi connectivity index (χ0v) is 13.2. The van der Waals surface area contributed by atoms with E-state index in [2.05, 4.69) is 16.0 Å². The third-order valence-electron chi connectivity index (χ3n) is 2.89. The van der Waals surface area contributed by atoms with Crippen molar-refractivity contribution < 1.29 is 9.13 Å². The summed E-state index contributed by atoms with van der Waals surface area (Å²) >= 11 is 5.64. The molecule has 0 amide bonds. The second-order valence-corrected chi connectivity index (χ2v) is 4.85. The quantitative estimate of drug-likeness (QED) is 0.753. The van der Waals surface area contributed by atoms with Crippen molar-refractivity contribution in [2.24, 2.45) is 0 Å². The Morgan fingerprint density at radius 3 is 2.57 bits per heavy atom. The number of rotatable bonds is 3. The highest BCUT2D eigenvalue weighted by Gasteiger charge is 2.08. The summed E-state index contributed by atoms with van der Waals surface area (Å²) in [4.78, 5) is 8.00. The van der Waals surface area contributed by atoms with Crippen LogP contribution in [0, 0.1) is 11.9 Å². The molecule has 1 aromatic carbocycles. The van der Waals surface area contributed by atoms with Crippen LogP contribution in [0.1, 0.15) is 0 Å². The fourth-order valence-electron chi connectivity index (χ4n) is 1.88. The van der Waals surface area contributed by atoms with Crippen LogP contribution < -0.4 is 10.5 Å². The average Bonchev–Trinajstić information content (AvgIpc) is 2.51. The Morgan fingerprint density at radius 1 is 1.17 bits per heavy atom. The molecule has 0 saturated heterocycles. The normalized spacial score (nSPS) is 10.0. The van der Waals surface area contributed by atoms with Gasteiger partial charge in [-0.2, -0.15) is 0 Å². The molecule has 7 heteroatoms. The smallest absolute Gasteiger partial charge is 0.255 e. The van der Waals surface area contributed by atoms with Crippen molar-refractivity contribution in [1.29, 1.82) is 0 Å². The van der Waals surface area contributed by atoms with E-state index in [4.69, 9.17) is 22.1 Å². The van der Waals surface area contributed by atoms with Gasteiger partial charge in [0.1, 0.15) is 5.75 Å². The van der Waals surface area contributed by atoms with E-state index < -0.39 is 5.82 Å². The molecule has 0 unspecified atom stereocenters. The van der Waals surface area contributed by atoms with Crippen LogP contribution in [-0.4, -0.2) is 9.97 Å². The molecule has 4 nitrogen and oxygen atoms in total. The van der Waals surface area contributed by atoms with Gasteiger partial charge in [0.2, 0.25) is 0 Å². The first-order valence-electron chi connectivity index (χ1n) is 6.35. The summed E-state index contributed by atoms with van der Waals surface area (Å²) in [5, 5.41) is 0.210. The van der Waals surface area contributed by atoms with Gasteiger partial charge in [-0.25, -0.2) is 9.37 Å². The molecule has 0 aliphatic rings. The lowest BCUT2D eigenvalue weighted by Gasteiger charge is -2.07. The lowest BCUT2D eigenvalue weighted by Crippen LogP contribution is -1.94. The highest BCUT2D eigenvalue weighted by Crippen LogP contribution is 2.28. The van der Waals surface area contributed by atoms with Crippen LogP contribution in [0.25, 0.3) is 11.3 Å². The third kappa shape index (κ3) is 3.88. The van der Waals surface area contributed by atoms with E-state index in [-0.39, 0.29) is 23.3 Å². The molecule has 0 spiro atoms. The SMILES string of the molecule is Cl.Nc1[c]ccnc1-c1ccc(Oc2ncc(Cl)cc2F)cc1. The molecule has 3 aromatic rings. The summed E-state index contributed by atoms with van der Waals surface area (Å²) in [5.74, 6) is -0.320. The molecular weight excluding hydrogens is 340 g/mol. The van der Waals surface area contributed by atoms with Gasteiger partial charge >= 0.3 is 0 Å². The van der Waals surface area contributed by atoms with Gasteiger partial charge in [-0.3, -0.25) is 4.98 Å². The molecule has 2 aromatic heterocycles. The predicted molar refractivity (Wildman–Crippen MR) is 89.4 cm³/mol. The van der Waals surface area contributed by atoms with E-state index in [0.717, 1.165) is 11.6 Å². The first-order chi connectivity index (χ1) is 10.6. The Bertz CT molecular complexity index is 813. The highest BCUT2D eigenvalue weighted by atomic mass is 35.5. The minimum Gasteiger partial charge on any atom is -0.436 e. The van der Waals surface area contributed by atoms with Gasteiger partial charge < -0.3 is 10.5 Å². The van der Waals surface area contributed by atoms with Crippen molar-refractivity contribution >= 4 is 29.7 Å². The van der Waals surface area contributed by atoms with E-state index >= 15 is 0 Å². The van der Waals surface area contributed by atoms with Crippen LogP contribution in [0.4, 0.5) is 10.1 Å². The maximum atomic E-state index is 13.6. The maximum absolute atomic E-state index is 13.6. The number of nitrogen functional groups attached to an aromatic ring is 1. The van der Waals surface area contributed by atoms with Crippen molar-refractivity contribution in [3.8, 4) is 22.9 Å². The van der Waals surface area contributed by atoms with Gasteiger partial charge in [-0.15, -0.1) is 12.4 Å². The molecule has 0 saturated carbocycles. The Kier molecular flexibility index (Phi) is 5.36. The van der Waals surface area contributed by atoms with Crippen LogP contribution >= 0.6 is 24.0 Å². The first kappa shape index (κ1) is 17.0. The van der Waals surface area contributed by atoms with E-state index in [1.54, 1.807) is 36.5 Å². The van der Waals surface area contributed by atoms with Gasteiger partial charge in [0.25, 0.3) is 5.88 Å². The number of halogens is 3. The van der Waals surface area contributed by atoms with Gasteiger partial charge in [0.05, 0.1) is 16.4 Å². The highest BCUT2D eigenvalue weighted by molar-refractivity contribution is 6.30. The molecule has 23 heavy (non-hydrogen) atoms. The molecule has 0 aliphatic carbocycles. The standard InChI is InChI=1S/C16H10ClFN3O.ClH/c17-11-8-13(18)16(21-9-11)22-12-5-3-10(4-6-12)15-14(19)2-1-7-20-15;/h1,3-9H,19H2;1H. The molecule has 0 fully saturated rings. The minimum absolute atomic E-state index is 0. The lowest BCUT2D eigenvalue weighted by atomic mass is 10.1. The summed E-state index contributed by atoms with van der Waals surface area (Å²) in [6, 6.07) is 12.6. The lowest BCUT2D eigenvalue weighted by molar-refractivity contribution is 0.423. The molecule has 0 aliphatic heterocycles. The number of nitrogens with zero attached hydrogens (tertiary/aromatic N) is 2. The second-order valence-electron chi connectivity index (χ2n) is 4.42. The van der Waals surface area contributed by atoms with Crippen molar-refractivity contribution in [3.05, 3.63) is 65.7 Å². The minimum atomic E-state index is -0.625. The van der Waals surface area contributed by atoms with E-state index in [0.29, 0.717) is 17.1 Å². The van der Waals surface area contributed by atoms with Crippen molar-refractivity contribution in [1.82, 2.24) is 9.97 Å². The first-order valence-corrected chi connectivity index (χ1v) is 6.73. The number of anilines is 1. The fraction of sp³-hybridized carbons (Fsp3) is 0. The largest absolute Gasteiger partial charge is 0.436 e. The number of aromatic nitrogens is 2. The molecule has 117 valence electrons. The number of hydrogen-bond acceptors (Lipinski definition) is 4. The molecule has 2 heterocycles. The predicted octanol–water partition coefficient (Wildman–Crippen LogP) is 4.53. The van der Waals surface area contributed by atoms with Crippen LogP contribution in [0.15, 0.2) is 48.8 Å². The van der Waals surface area contributed by atoms with E-state index in [1.807, 2.05) is 0 Å². The van der Waals surface area contributed by atoms with Crippen LogP contribution in [0.3, 0.4) is 0 Å². The molecule has 3 rings (SSSR count). The van der Waals surface area contributed by atoms with E-state index in [9.17, 15) is 4.39 Å². The number of pyridine rings is 2. The van der Waals surface area contributed by atoms with E-state index in [1.165, 1.54) is 6.20 Å². The van der Waals surface area contributed by atoms with Gasteiger partial charge in [0.15, 0.2) is 5.82 Å². The van der Waals surface area contributed by atoms with Crippen molar-refractivity contribution in [2.45, 2.75) is 0 Å². The van der Waals surface area contributed by atoms with Crippen LogP contribution in [0.2, 0.25) is 5.02 Å². The van der Waals surface area contributed by atoms with Crippen molar-refractivity contribution in [2.75, 3.05) is 5.73 Å². The maximum Gasteiger partial charge on any atom is 0.255 e. The zero-order chi connectivity index (χ0) is 15.5. The van der Waals surface area contributed by atoms with Gasteiger partial charge in [-0.05, 0) is 36.4 Å². The van der Waals surface area contributed by atoms with Crippen LogP contribution in [-0.2, 0) is 0 Å². The van der Waals surface area contributed by atoms with Gasteiger partial charge in [-0.1, -0.05) is 11.6 Å². The summed E-state index contributed by atoms with van der Waals surface area (Å²) in [7, 11) is 0. The summed E-state index contributed by atoms with van der Waals surface area (Å²) < 4.78 is 19.0. The fourth-order valence-corrected chi connectivity index (χ4v) is 2.02. The summed E-state index contributed by atoms with van der Waals surface area (Å²) in [6.45, 7) is 0. The number of hydrogen-bond donors (Lipinski definition) is 1. The zero-order valence-electron chi connectivity index (χ0n) is 11.7. The van der Waals surface area contributed by atoms with Crippen LogP contribution in [0.5, 0.6) is 11.6 Å². The molecule has 0 bridgehead atoms. The number of nitrogens with two attached hydrogens (primary N) is 1. The second kappa shape index (κ2) is 7.26. The number of benzene rings is 1. The molecule has 0 atom stereocenters. The topological polar surface area (TPSA) is 61.0 Å². The molecular formula is C16H11Cl2FN3O. The Labute approximate surface area is 143 Å². The summed E-state index contributed by atoms with van der Waals surface area (Å²) in [5.41, 5.74) is 7.73. The Hall–Kier alpha value is -2.37. The third-order valence-corrected chi connectivity index (χ3v) is 3.10. The summed E-state index contributed by atoms with van der Waals surface area (Å²) in [6.07, 6.45) is 2.93. The van der Waals surface area contributed by atoms with Crippen molar-refractivity contribution in [3.63, 3.8) is 0 Å².